The topological polar surface area (TPSA) is 30.5 Å². The molecule has 0 aliphatic rings. The van der Waals surface area contributed by atoms with Crippen LogP contribution in [0.15, 0.2) is 24.3 Å². The Kier molecular flexibility index (Phi) is 6.13. The van der Waals surface area contributed by atoms with E-state index in [1.807, 2.05) is 20.8 Å². The van der Waals surface area contributed by atoms with Crippen LogP contribution in [0, 0.1) is 5.92 Å². The van der Waals surface area contributed by atoms with Crippen LogP contribution in [-0.4, -0.2) is 25.6 Å². The van der Waals surface area contributed by atoms with Gasteiger partial charge in [-0.05, 0) is 24.6 Å². The van der Waals surface area contributed by atoms with Gasteiger partial charge in [-0.3, -0.25) is 0 Å². The Morgan fingerprint density at radius 2 is 1.75 bits per heavy atom. The zero-order chi connectivity index (χ0) is 15.2. The van der Waals surface area contributed by atoms with Crippen molar-refractivity contribution in [1.82, 2.24) is 5.32 Å². The highest BCUT2D eigenvalue weighted by molar-refractivity contribution is 5.39. The minimum Gasteiger partial charge on any atom is -0.485 e. The summed E-state index contributed by atoms with van der Waals surface area (Å²) >= 11 is 0. The molecule has 0 saturated heterocycles. The van der Waals surface area contributed by atoms with E-state index >= 15 is 0 Å². The zero-order valence-corrected chi connectivity index (χ0v) is 11.8. The quantitative estimate of drug-likeness (QED) is 0.832. The Balaban J connectivity index is 2.84. The molecular formula is C14H20F3NO2. The Bertz CT molecular complexity index is 408. The number of likely N-dealkylation sites (N-methyl/N-ethyl adjacent to an activating group) is 1. The monoisotopic (exact) mass is 291 g/mol. The maximum atomic E-state index is 12.3. The number of hydrogen-bond donors (Lipinski definition) is 1. The number of alkyl halides is 3. The van der Waals surface area contributed by atoms with Gasteiger partial charge >= 0.3 is 6.36 Å². The normalized spacial score (nSPS) is 13.3. The summed E-state index contributed by atoms with van der Waals surface area (Å²) < 4.78 is 46.6. The van der Waals surface area contributed by atoms with Gasteiger partial charge in [0.1, 0.15) is 6.10 Å². The van der Waals surface area contributed by atoms with E-state index < -0.39 is 6.36 Å². The molecule has 1 N–H and O–H groups in total. The molecule has 0 radical (unpaired) electrons. The summed E-state index contributed by atoms with van der Waals surface area (Å²) in [6.45, 7) is 7.20. The second-order valence-corrected chi connectivity index (χ2v) is 4.70. The van der Waals surface area contributed by atoms with E-state index in [9.17, 15) is 13.2 Å². The first-order valence-electron chi connectivity index (χ1n) is 6.55. The van der Waals surface area contributed by atoms with Gasteiger partial charge in [-0.1, -0.05) is 32.9 Å². The highest BCUT2D eigenvalue weighted by atomic mass is 19.4. The number of benzene rings is 1. The van der Waals surface area contributed by atoms with E-state index in [-0.39, 0.29) is 23.5 Å². The molecule has 0 fully saturated rings. The maximum absolute atomic E-state index is 12.3. The Hall–Kier alpha value is -1.43. The molecule has 3 nitrogen and oxygen atoms in total. The van der Waals surface area contributed by atoms with Crippen molar-refractivity contribution in [2.24, 2.45) is 5.92 Å². The van der Waals surface area contributed by atoms with Gasteiger partial charge in [0.2, 0.25) is 0 Å². The van der Waals surface area contributed by atoms with Gasteiger partial charge in [-0.2, -0.15) is 0 Å². The highest BCUT2D eigenvalue weighted by Crippen LogP contribution is 2.33. The molecule has 1 unspecified atom stereocenters. The fourth-order valence-corrected chi connectivity index (χ4v) is 1.62. The molecule has 1 aromatic carbocycles. The van der Waals surface area contributed by atoms with Crippen LogP contribution in [0.3, 0.4) is 0 Å². The van der Waals surface area contributed by atoms with Gasteiger partial charge in [0, 0.05) is 6.54 Å². The highest BCUT2D eigenvalue weighted by Gasteiger charge is 2.32. The number of ether oxygens (including phenoxy) is 2. The first-order chi connectivity index (χ1) is 9.33. The lowest BCUT2D eigenvalue weighted by Gasteiger charge is -2.24. The number of para-hydroxylation sites is 2. The largest absolute Gasteiger partial charge is 0.573 e. The van der Waals surface area contributed by atoms with Crippen molar-refractivity contribution in [3.63, 3.8) is 0 Å². The average Bonchev–Trinajstić information content (AvgIpc) is 2.34. The smallest absolute Gasteiger partial charge is 0.485 e. The van der Waals surface area contributed by atoms with Gasteiger partial charge in [-0.25, -0.2) is 0 Å². The van der Waals surface area contributed by atoms with Crippen molar-refractivity contribution in [2.45, 2.75) is 33.2 Å². The van der Waals surface area contributed by atoms with E-state index in [2.05, 4.69) is 10.1 Å². The van der Waals surface area contributed by atoms with Crippen molar-refractivity contribution in [1.29, 1.82) is 0 Å². The lowest BCUT2D eigenvalue weighted by molar-refractivity contribution is -0.275. The third-order valence-corrected chi connectivity index (χ3v) is 2.69. The first kappa shape index (κ1) is 16.6. The van der Waals surface area contributed by atoms with Crippen molar-refractivity contribution >= 4 is 0 Å². The van der Waals surface area contributed by atoms with E-state index in [0.29, 0.717) is 6.54 Å². The van der Waals surface area contributed by atoms with Crippen LogP contribution in [0.25, 0.3) is 0 Å². The van der Waals surface area contributed by atoms with Crippen LogP contribution in [0.4, 0.5) is 13.2 Å². The summed E-state index contributed by atoms with van der Waals surface area (Å²) in [4.78, 5) is 0. The van der Waals surface area contributed by atoms with E-state index in [1.54, 1.807) is 6.07 Å². The molecule has 0 amide bonds. The van der Waals surface area contributed by atoms with E-state index in [1.165, 1.54) is 18.2 Å². The van der Waals surface area contributed by atoms with Crippen molar-refractivity contribution in [3.8, 4) is 11.5 Å². The van der Waals surface area contributed by atoms with Gasteiger partial charge < -0.3 is 14.8 Å². The number of hydrogen-bond acceptors (Lipinski definition) is 3. The second-order valence-electron chi connectivity index (χ2n) is 4.70. The molecule has 1 rings (SSSR count). The fraction of sp³-hybridized carbons (Fsp3) is 0.571. The molecule has 20 heavy (non-hydrogen) atoms. The van der Waals surface area contributed by atoms with Gasteiger partial charge in [-0.15, -0.1) is 13.2 Å². The number of nitrogens with one attached hydrogen (secondary N) is 1. The molecule has 0 aromatic heterocycles. The standard InChI is InChI=1S/C14H20F3NO2/c1-4-18-9-13(10(2)3)19-11-7-5-6-8-12(11)20-14(15,16)17/h5-8,10,13,18H,4,9H2,1-3H3. The summed E-state index contributed by atoms with van der Waals surface area (Å²) in [6, 6.07) is 5.81. The summed E-state index contributed by atoms with van der Waals surface area (Å²) in [5.74, 6) is -0.0587. The molecule has 0 aliphatic carbocycles. The minimum absolute atomic E-state index is 0.0985. The van der Waals surface area contributed by atoms with Crippen molar-refractivity contribution in [2.75, 3.05) is 13.1 Å². The van der Waals surface area contributed by atoms with Crippen LogP contribution in [0.2, 0.25) is 0 Å². The summed E-state index contributed by atoms with van der Waals surface area (Å²) in [5, 5.41) is 3.13. The van der Waals surface area contributed by atoms with Crippen LogP contribution in [0.1, 0.15) is 20.8 Å². The molecule has 0 saturated carbocycles. The second kappa shape index (κ2) is 7.38. The van der Waals surface area contributed by atoms with Crippen molar-refractivity contribution < 1.29 is 22.6 Å². The van der Waals surface area contributed by atoms with Crippen LogP contribution >= 0.6 is 0 Å². The molecule has 0 spiro atoms. The van der Waals surface area contributed by atoms with Crippen molar-refractivity contribution in [3.05, 3.63) is 24.3 Å². The Morgan fingerprint density at radius 1 is 1.15 bits per heavy atom. The lowest BCUT2D eigenvalue weighted by Crippen LogP contribution is -2.35. The fourth-order valence-electron chi connectivity index (χ4n) is 1.62. The lowest BCUT2D eigenvalue weighted by atomic mass is 10.1. The molecule has 1 atom stereocenters. The predicted molar refractivity (Wildman–Crippen MR) is 70.9 cm³/mol. The van der Waals surface area contributed by atoms with Crippen LogP contribution < -0.4 is 14.8 Å². The van der Waals surface area contributed by atoms with Gasteiger partial charge in [0.15, 0.2) is 11.5 Å². The summed E-state index contributed by atoms with van der Waals surface area (Å²) in [6.07, 6.45) is -4.96. The average molecular weight is 291 g/mol. The molecule has 0 heterocycles. The molecule has 6 heteroatoms. The van der Waals surface area contributed by atoms with Crippen LogP contribution in [-0.2, 0) is 0 Å². The summed E-state index contributed by atoms with van der Waals surface area (Å²) in [7, 11) is 0. The zero-order valence-electron chi connectivity index (χ0n) is 11.8. The van der Waals surface area contributed by atoms with E-state index in [4.69, 9.17) is 4.74 Å². The predicted octanol–water partition coefficient (Wildman–Crippen LogP) is 3.60. The van der Waals surface area contributed by atoms with Crippen LogP contribution in [0.5, 0.6) is 11.5 Å². The third-order valence-electron chi connectivity index (χ3n) is 2.69. The maximum Gasteiger partial charge on any atom is 0.573 e. The molecule has 0 aliphatic heterocycles. The SMILES string of the molecule is CCNCC(Oc1ccccc1OC(F)(F)F)C(C)C. The number of halogens is 3. The Labute approximate surface area is 117 Å². The number of rotatable bonds is 7. The Morgan fingerprint density at radius 3 is 2.25 bits per heavy atom. The van der Waals surface area contributed by atoms with Gasteiger partial charge in [0.25, 0.3) is 0 Å². The molecule has 114 valence electrons. The van der Waals surface area contributed by atoms with E-state index in [0.717, 1.165) is 6.54 Å². The minimum atomic E-state index is -4.73. The molecule has 1 aromatic rings. The molecular weight excluding hydrogens is 271 g/mol. The molecule has 0 bridgehead atoms. The third kappa shape index (κ3) is 5.69. The summed E-state index contributed by atoms with van der Waals surface area (Å²) in [5.41, 5.74) is 0. The first-order valence-corrected chi connectivity index (χ1v) is 6.55. The van der Waals surface area contributed by atoms with Gasteiger partial charge in [0.05, 0.1) is 0 Å².